The van der Waals surface area contributed by atoms with Gasteiger partial charge in [-0.25, -0.2) is 0 Å². The van der Waals surface area contributed by atoms with E-state index >= 15 is 0 Å². The quantitative estimate of drug-likeness (QED) is 0.552. The molecule has 0 spiro atoms. The van der Waals surface area contributed by atoms with E-state index < -0.39 is 7.60 Å². The van der Waals surface area contributed by atoms with Gasteiger partial charge in [0.2, 0.25) is 0 Å². The van der Waals surface area contributed by atoms with Gasteiger partial charge < -0.3 is 18.5 Å². The van der Waals surface area contributed by atoms with Crippen molar-refractivity contribution in [2.24, 2.45) is 0 Å². The lowest BCUT2D eigenvalue weighted by Gasteiger charge is -2.17. The Labute approximate surface area is 155 Å². The second-order valence-electron chi connectivity index (χ2n) is 5.38. The molecule has 6 heteroatoms. The first-order chi connectivity index (χ1) is 12.5. The van der Waals surface area contributed by atoms with Crippen LogP contribution in [0.3, 0.4) is 0 Å². The summed E-state index contributed by atoms with van der Waals surface area (Å²) in [7, 11) is -0.131. The Bertz CT molecular complexity index is 706. The monoisotopic (exact) mass is 376 g/mol. The highest BCUT2D eigenvalue weighted by molar-refractivity contribution is 7.57. The number of benzene rings is 2. The summed E-state index contributed by atoms with van der Waals surface area (Å²) in [5, 5.41) is 0. The standard InChI is InChI=1S/C20H25O5P/c1-5-24-26(21,25-6-2)15-20(16-7-11-18(22-3)12-8-16)17-9-13-19(23-4)14-10-17/h7-15H,5-6H2,1-4H3. The minimum Gasteiger partial charge on any atom is -0.497 e. The zero-order valence-corrected chi connectivity index (χ0v) is 16.5. The van der Waals surface area contributed by atoms with Crippen LogP contribution in [0.4, 0.5) is 0 Å². The molecule has 0 N–H and O–H groups in total. The van der Waals surface area contributed by atoms with E-state index in [9.17, 15) is 4.57 Å². The molecule has 0 atom stereocenters. The van der Waals surface area contributed by atoms with Crippen LogP contribution in [0, 0.1) is 0 Å². The molecule has 0 fully saturated rings. The molecule has 5 nitrogen and oxygen atoms in total. The largest absolute Gasteiger partial charge is 0.497 e. The zero-order chi connectivity index (χ0) is 19.0. The Balaban J connectivity index is 2.55. The highest BCUT2D eigenvalue weighted by Gasteiger charge is 2.22. The normalized spacial score (nSPS) is 11.1. The highest BCUT2D eigenvalue weighted by atomic mass is 31.2. The lowest BCUT2D eigenvalue weighted by atomic mass is 9.99. The van der Waals surface area contributed by atoms with Gasteiger partial charge >= 0.3 is 7.60 Å². The van der Waals surface area contributed by atoms with E-state index in [1.165, 1.54) is 0 Å². The maximum absolute atomic E-state index is 13.0. The number of ether oxygens (including phenoxy) is 2. The van der Waals surface area contributed by atoms with Crippen molar-refractivity contribution >= 4 is 13.2 Å². The Kier molecular flexibility index (Phi) is 7.46. The number of hydrogen-bond acceptors (Lipinski definition) is 5. The lowest BCUT2D eigenvalue weighted by molar-refractivity contribution is 0.229. The predicted molar refractivity (Wildman–Crippen MR) is 104 cm³/mol. The molecule has 0 saturated carbocycles. The molecule has 0 bridgehead atoms. The van der Waals surface area contributed by atoms with Crippen LogP contribution in [0.2, 0.25) is 0 Å². The maximum atomic E-state index is 13.0. The van der Waals surface area contributed by atoms with Gasteiger partial charge in [-0.1, -0.05) is 24.3 Å². The minimum atomic E-state index is -3.37. The molecule has 0 aliphatic heterocycles. The SMILES string of the molecule is CCOP(=O)(C=C(c1ccc(OC)cc1)c1ccc(OC)cc1)OCC. The molecule has 0 unspecified atom stereocenters. The van der Waals surface area contributed by atoms with Crippen molar-refractivity contribution in [1.82, 2.24) is 0 Å². The summed E-state index contributed by atoms with van der Waals surface area (Å²) < 4.78 is 34.4. The molecule has 0 heterocycles. The van der Waals surface area contributed by atoms with E-state index in [0.717, 1.165) is 28.2 Å². The Morgan fingerprint density at radius 3 is 1.50 bits per heavy atom. The average molecular weight is 376 g/mol. The predicted octanol–water partition coefficient (Wildman–Crippen LogP) is 5.36. The second kappa shape index (κ2) is 9.58. The van der Waals surface area contributed by atoms with Crippen LogP contribution in [-0.2, 0) is 13.6 Å². The summed E-state index contributed by atoms with van der Waals surface area (Å²) in [6.07, 6.45) is 0. The highest BCUT2D eigenvalue weighted by Crippen LogP contribution is 2.52. The summed E-state index contributed by atoms with van der Waals surface area (Å²) in [6, 6.07) is 15.1. The third kappa shape index (κ3) is 5.21. The van der Waals surface area contributed by atoms with Crippen molar-refractivity contribution in [3.8, 4) is 11.5 Å². The summed E-state index contributed by atoms with van der Waals surface area (Å²) >= 11 is 0. The average Bonchev–Trinajstić information content (AvgIpc) is 2.67. The first-order valence-electron chi connectivity index (χ1n) is 8.45. The summed E-state index contributed by atoms with van der Waals surface area (Å²) in [5.74, 6) is 3.09. The zero-order valence-electron chi connectivity index (χ0n) is 15.6. The fraction of sp³-hybridized carbons (Fsp3) is 0.300. The fourth-order valence-corrected chi connectivity index (χ4v) is 4.04. The molecule has 26 heavy (non-hydrogen) atoms. The van der Waals surface area contributed by atoms with Crippen molar-refractivity contribution in [1.29, 1.82) is 0 Å². The van der Waals surface area contributed by atoms with Gasteiger partial charge in [0.05, 0.1) is 27.4 Å². The smallest absolute Gasteiger partial charge is 0.354 e. The van der Waals surface area contributed by atoms with Crippen molar-refractivity contribution < 1.29 is 23.1 Å². The first-order valence-corrected chi connectivity index (χ1v) is 10.1. The van der Waals surface area contributed by atoms with E-state index in [0.29, 0.717) is 13.2 Å². The van der Waals surface area contributed by atoms with Gasteiger partial charge in [0.25, 0.3) is 0 Å². The van der Waals surface area contributed by atoms with Crippen LogP contribution >= 0.6 is 7.60 Å². The topological polar surface area (TPSA) is 54.0 Å². The van der Waals surface area contributed by atoms with E-state index in [1.54, 1.807) is 33.9 Å². The molecule has 2 rings (SSSR count). The molecule has 0 saturated heterocycles. The molecule has 0 aliphatic rings. The molecule has 0 aromatic heterocycles. The van der Waals surface area contributed by atoms with E-state index in [4.69, 9.17) is 18.5 Å². The van der Waals surface area contributed by atoms with Gasteiger partial charge in [0.15, 0.2) is 0 Å². The van der Waals surface area contributed by atoms with Crippen molar-refractivity contribution in [3.63, 3.8) is 0 Å². The van der Waals surface area contributed by atoms with Gasteiger partial charge in [0.1, 0.15) is 11.5 Å². The third-order valence-electron chi connectivity index (χ3n) is 3.71. The molecule has 140 valence electrons. The molecular formula is C20H25O5P. The second-order valence-corrected chi connectivity index (χ2v) is 7.23. The van der Waals surface area contributed by atoms with Crippen LogP contribution in [0.5, 0.6) is 11.5 Å². The van der Waals surface area contributed by atoms with Gasteiger partial charge in [-0.05, 0) is 54.8 Å². The van der Waals surface area contributed by atoms with Crippen LogP contribution < -0.4 is 9.47 Å². The number of rotatable bonds is 9. The van der Waals surface area contributed by atoms with E-state index in [1.807, 2.05) is 48.5 Å². The van der Waals surface area contributed by atoms with Gasteiger partial charge in [-0.3, -0.25) is 4.57 Å². The van der Waals surface area contributed by atoms with Gasteiger partial charge in [0, 0.05) is 5.82 Å². The fourth-order valence-electron chi connectivity index (χ4n) is 2.49. The lowest BCUT2D eigenvalue weighted by Crippen LogP contribution is -1.96. The number of hydrogen-bond donors (Lipinski definition) is 0. The van der Waals surface area contributed by atoms with Crippen molar-refractivity contribution in [2.45, 2.75) is 13.8 Å². The molecule has 2 aromatic carbocycles. The van der Waals surface area contributed by atoms with E-state index in [-0.39, 0.29) is 0 Å². The van der Waals surface area contributed by atoms with E-state index in [2.05, 4.69) is 0 Å². The summed E-state index contributed by atoms with van der Waals surface area (Å²) in [5.41, 5.74) is 2.53. The first kappa shape index (κ1) is 20.2. The molecule has 0 aliphatic carbocycles. The van der Waals surface area contributed by atoms with Crippen LogP contribution in [-0.4, -0.2) is 27.4 Å². The van der Waals surface area contributed by atoms with Gasteiger partial charge in [-0.2, -0.15) is 0 Å². The van der Waals surface area contributed by atoms with Crippen LogP contribution in [0.25, 0.3) is 5.57 Å². The third-order valence-corrected chi connectivity index (χ3v) is 5.52. The van der Waals surface area contributed by atoms with Crippen LogP contribution in [0.1, 0.15) is 25.0 Å². The van der Waals surface area contributed by atoms with Crippen LogP contribution in [0.15, 0.2) is 54.3 Å². The number of methoxy groups -OCH3 is 2. The molecule has 0 radical (unpaired) electrons. The summed E-state index contributed by atoms with van der Waals surface area (Å²) in [6.45, 7) is 4.18. The van der Waals surface area contributed by atoms with Crippen molar-refractivity contribution in [3.05, 3.63) is 65.5 Å². The maximum Gasteiger partial charge on any atom is 0.354 e. The molecule has 0 amide bonds. The summed E-state index contributed by atoms with van der Waals surface area (Å²) in [4.78, 5) is 0. The Morgan fingerprint density at radius 2 is 1.19 bits per heavy atom. The Hall–Kier alpha value is -2.07. The molecular weight excluding hydrogens is 351 g/mol. The minimum absolute atomic E-state index is 0.298. The van der Waals surface area contributed by atoms with Gasteiger partial charge in [-0.15, -0.1) is 0 Å². The molecule has 2 aromatic rings. The van der Waals surface area contributed by atoms with Crippen molar-refractivity contribution in [2.75, 3.05) is 27.4 Å². The Morgan fingerprint density at radius 1 is 0.808 bits per heavy atom.